The molecule has 0 amide bonds. The van der Waals surface area contributed by atoms with Gasteiger partial charge < -0.3 is 14.9 Å². The topological polar surface area (TPSA) is 66.8 Å². The molecule has 0 bridgehead atoms. The van der Waals surface area contributed by atoms with Gasteiger partial charge >= 0.3 is 0 Å². The number of benzene rings is 2. The normalized spacial score (nSPS) is 10.7. The van der Waals surface area contributed by atoms with Crippen LogP contribution in [-0.2, 0) is 0 Å². The summed E-state index contributed by atoms with van der Waals surface area (Å²) in [6.45, 7) is 0. The summed E-state index contributed by atoms with van der Waals surface area (Å²) in [6, 6.07) is 10.8. The Balaban J connectivity index is 2.17. The number of allylic oxidation sites excluding steroid dienone is 1. The van der Waals surface area contributed by atoms with E-state index in [2.05, 4.69) is 0 Å². The predicted molar refractivity (Wildman–Crippen MR) is 76.1 cm³/mol. The zero-order valence-electron chi connectivity index (χ0n) is 10.9. The maximum Gasteiger partial charge on any atom is 0.185 e. The van der Waals surface area contributed by atoms with Gasteiger partial charge in [0.1, 0.15) is 17.2 Å². The molecule has 0 unspecified atom stereocenters. The average molecular weight is 270 g/mol. The van der Waals surface area contributed by atoms with Gasteiger partial charge in [0, 0.05) is 11.1 Å². The van der Waals surface area contributed by atoms with Gasteiger partial charge in [0.2, 0.25) is 0 Å². The molecule has 2 rings (SSSR count). The van der Waals surface area contributed by atoms with Crippen molar-refractivity contribution in [3.8, 4) is 17.2 Å². The first-order valence-corrected chi connectivity index (χ1v) is 5.98. The summed E-state index contributed by atoms with van der Waals surface area (Å²) in [6.07, 6.45) is 2.80. The lowest BCUT2D eigenvalue weighted by molar-refractivity contribution is 0.104. The average Bonchev–Trinajstić information content (AvgIpc) is 2.48. The van der Waals surface area contributed by atoms with Crippen LogP contribution in [0.3, 0.4) is 0 Å². The number of phenols is 2. The molecule has 20 heavy (non-hydrogen) atoms. The minimum atomic E-state index is -0.199. The molecule has 4 heteroatoms. The van der Waals surface area contributed by atoms with Crippen molar-refractivity contribution in [2.24, 2.45) is 0 Å². The fourth-order valence-corrected chi connectivity index (χ4v) is 1.69. The van der Waals surface area contributed by atoms with Crippen LogP contribution in [-0.4, -0.2) is 23.1 Å². The summed E-state index contributed by atoms with van der Waals surface area (Å²) in [5.74, 6) is 0.507. The Morgan fingerprint density at radius 1 is 1.10 bits per heavy atom. The van der Waals surface area contributed by atoms with Gasteiger partial charge in [-0.2, -0.15) is 0 Å². The van der Waals surface area contributed by atoms with E-state index < -0.39 is 0 Å². The number of phenolic OH excluding ortho intramolecular Hbond substituents is 2. The quantitative estimate of drug-likeness (QED) is 0.509. The van der Waals surface area contributed by atoms with Crippen molar-refractivity contribution in [3.05, 3.63) is 59.7 Å². The molecule has 2 N–H and O–H groups in total. The SMILES string of the molecule is COc1ccc(C(=O)/C=C/c2cc(O)ccc2O)cc1. The van der Waals surface area contributed by atoms with Crippen LogP contribution in [0.25, 0.3) is 6.08 Å². The van der Waals surface area contributed by atoms with Crippen LogP contribution in [0.4, 0.5) is 0 Å². The van der Waals surface area contributed by atoms with Crippen molar-refractivity contribution in [2.45, 2.75) is 0 Å². The molecule has 4 nitrogen and oxygen atoms in total. The highest BCUT2D eigenvalue weighted by molar-refractivity contribution is 6.07. The van der Waals surface area contributed by atoms with E-state index in [1.165, 1.54) is 30.4 Å². The molecule has 0 saturated carbocycles. The first-order valence-electron chi connectivity index (χ1n) is 5.98. The van der Waals surface area contributed by atoms with Crippen LogP contribution < -0.4 is 4.74 Å². The third-order valence-corrected chi connectivity index (χ3v) is 2.80. The van der Waals surface area contributed by atoms with Gasteiger partial charge in [0.15, 0.2) is 5.78 Å². The Kier molecular flexibility index (Phi) is 4.05. The Bertz CT molecular complexity index is 642. The predicted octanol–water partition coefficient (Wildman–Crippen LogP) is 3.00. The molecule has 0 aromatic heterocycles. The lowest BCUT2D eigenvalue weighted by Crippen LogP contribution is -1.94. The lowest BCUT2D eigenvalue weighted by atomic mass is 10.1. The second-order valence-corrected chi connectivity index (χ2v) is 4.17. The molecule has 0 atom stereocenters. The van der Waals surface area contributed by atoms with E-state index >= 15 is 0 Å². The van der Waals surface area contributed by atoms with E-state index in [1.54, 1.807) is 31.4 Å². The van der Waals surface area contributed by atoms with Crippen LogP contribution in [0, 0.1) is 0 Å². The second kappa shape index (κ2) is 5.93. The summed E-state index contributed by atoms with van der Waals surface area (Å²) >= 11 is 0. The molecule has 0 aliphatic heterocycles. The number of methoxy groups -OCH3 is 1. The lowest BCUT2D eigenvalue weighted by Gasteiger charge is -2.01. The first kappa shape index (κ1) is 13.7. The highest BCUT2D eigenvalue weighted by Crippen LogP contribution is 2.23. The van der Waals surface area contributed by atoms with Crippen LogP contribution >= 0.6 is 0 Å². The van der Waals surface area contributed by atoms with E-state index in [4.69, 9.17) is 4.74 Å². The zero-order chi connectivity index (χ0) is 14.5. The molecule has 0 aliphatic rings. The van der Waals surface area contributed by atoms with Crippen molar-refractivity contribution in [3.63, 3.8) is 0 Å². The summed E-state index contributed by atoms with van der Waals surface area (Å²) in [5.41, 5.74) is 0.897. The molecule has 0 spiro atoms. The van der Waals surface area contributed by atoms with Crippen molar-refractivity contribution >= 4 is 11.9 Å². The minimum absolute atomic E-state index is 0.00146. The number of carbonyl (C=O) groups is 1. The molecule has 0 aliphatic carbocycles. The molecule has 2 aromatic rings. The fourth-order valence-electron chi connectivity index (χ4n) is 1.69. The number of ketones is 1. The van der Waals surface area contributed by atoms with E-state index in [9.17, 15) is 15.0 Å². The number of ether oxygens (including phenoxy) is 1. The summed E-state index contributed by atoms with van der Waals surface area (Å²) < 4.78 is 5.02. The number of hydrogen-bond acceptors (Lipinski definition) is 4. The van der Waals surface area contributed by atoms with Crippen molar-refractivity contribution < 1.29 is 19.7 Å². The maximum atomic E-state index is 11.9. The highest BCUT2D eigenvalue weighted by atomic mass is 16.5. The number of rotatable bonds is 4. The van der Waals surface area contributed by atoms with Crippen LogP contribution in [0.5, 0.6) is 17.2 Å². The van der Waals surface area contributed by atoms with E-state index in [1.807, 2.05) is 0 Å². The van der Waals surface area contributed by atoms with Gasteiger partial charge in [0.25, 0.3) is 0 Å². The number of aromatic hydroxyl groups is 2. The Morgan fingerprint density at radius 2 is 1.80 bits per heavy atom. The molecule has 2 aromatic carbocycles. The minimum Gasteiger partial charge on any atom is -0.508 e. The summed E-state index contributed by atoms with van der Waals surface area (Å²) in [5, 5.41) is 18.9. The molecular formula is C16H14O4. The zero-order valence-corrected chi connectivity index (χ0v) is 10.9. The van der Waals surface area contributed by atoms with Gasteiger partial charge in [-0.25, -0.2) is 0 Å². The molecule has 0 radical (unpaired) electrons. The van der Waals surface area contributed by atoms with Gasteiger partial charge in [-0.1, -0.05) is 0 Å². The molecule has 0 saturated heterocycles. The fraction of sp³-hybridized carbons (Fsp3) is 0.0625. The third kappa shape index (κ3) is 3.17. The number of hydrogen-bond donors (Lipinski definition) is 2. The van der Waals surface area contributed by atoms with Crippen molar-refractivity contribution in [1.29, 1.82) is 0 Å². The second-order valence-electron chi connectivity index (χ2n) is 4.17. The van der Waals surface area contributed by atoms with E-state index in [0.717, 1.165) is 0 Å². The van der Waals surface area contributed by atoms with E-state index in [0.29, 0.717) is 16.9 Å². The first-order chi connectivity index (χ1) is 9.60. The van der Waals surface area contributed by atoms with Gasteiger partial charge in [-0.3, -0.25) is 4.79 Å². The highest BCUT2D eigenvalue weighted by Gasteiger charge is 2.03. The van der Waals surface area contributed by atoms with Crippen LogP contribution in [0.1, 0.15) is 15.9 Å². The van der Waals surface area contributed by atoms with Crippen LogP contribution in [0.2, 0.25) is 0 Å². The summed E-state index contributed by atoms with van der Waals surface area (Å²) in [7, 11) is 1.56. The van der Waals surface area contributed by atoms with Crippen molar-refractivity contribution in [1.82, 2.24) is 0 Å². The van der Waals surface area contributed by atoms with Gasteiger partial charge in [0.05, 0.1) is 7.11 Å². The molecule has 0 heterocycles. The Labute approximate surface area is 116 Å². The monoisotopic (exact) mass is 270 g/mol. The smallest absolute Gasteiger partial charge is 0.185 e. The molecule has 102 valence electrons. The third-order valence-electron chi connectivity index (χ3n) is 2.80. The maximum absolute atomic E-state index is 11.9. The van der Waals surface area contributed by atoms with Crippen molar-refractivity contribution in [2.75, 3.05) is 7.11 Å². The Morgan fingerprint density at radius 3 is 2.45 bits per heavy atom. The Hall–Kier alpha value is -2.75. The van der Waals surface area contributed by atoms with E-state index in [-0.39, 0.29) is 17.3 Å². The molecule has 0 fully saturated rings. The standard InChI is InChI=1S/C16H14O4/c1-20-14-6-2-11(3-7-14)15(18)8-4-12-10-13(17)5-9-16(12)19/h2-10,17,19H,1H3/b8-4+. The largest absolute Gasteiger partial charge is 0.508 e. The van der Waals surface area contributed by atoms with Gasteiger partial charge in [-0.05, 0) is 54.6 Å². The van der Waals surface area contributed by atoms with Crippen LogP contribution in [0.15, 0.2) is 48.5 Å². The molecular weight excluding hydrogens is 256 g/mol. The van der Waals surface area contributed by atoms with Gasteiger partial charge in [-0.15, -0.1) is 0 Å². The summed E-state index contributed by atoms with van der Waals surface area (Å²) in [4.78, 5) is 11.9. The number of carbonyl (C=O) groups excluding carboxylic acids is 1.